The van der Waals surface area contributed by atoms with Gasteiger partial charge in [-0.05, 0) is 25.0 Å². The quantitative estimate of drug-likeness (QED) is 0.914. The predicted molar refractivity (Wildman–Crippen MR) is 73.3 cm³/mol. The summed E-state index contributed by atoms with van der Waals surface area (Å²) in [5.74, 6) is 2.22. The van der Waals surface area contributed by atoms with Crippen LogP contribution in [0.25, 0.3) is 0 Å². The summed E-state index contributed by atoms with van der Waals surface area (Å²) in [7, 11) is 0. The Kier molecular flexibility index (Phi) is 3.77. The molecular formula is C13H19N3O2S. The number of nitrogens with zero attached hydrogens (tertiary/aromatic N) is 3. The number of hydrogen-bond acceptors (Lipinski definition) is 4. The van der Waals surface area contributed by atoms with Gasteiger partial charge in [0.05, 0.1) is 5.92 Å². The summed E-state index contributed by atoms with van der Waals surface area (Å²) in [5.41, 5.74) is 0. The van der Waals surface area contributed by atoms with Gasteiger partial charge in [0.15, 0.2) is 0 Å². The number of hydrogen-bond donors (Lipinski definition) is 1. The predicted octanol–water partition coefficient (Wildman–Crippen LogP) is 1.75. The first-order valence-electron chi connectivity index (χ1n) is 6.99. The minimum Gasteiger partial charge on any atom is -0.481 e. The molecule has 0 saturated carbocycles. The molecule has 2 aliphatic heterocycles. The van der Waals surface area contributed by atoms with E-state index in [1.807, 2.05) is 11.8 Å². The fourth-order valence-corrected chi connectivity index (χ4v) is 4.21. The number of aryl methyl sites for hydroxylation is 1. The molecule has 2 unspecified atom stereocenters. The van der Waals surface area contributed by atoms with Crippen LogP contribution in [-0.2, 0) is 24.2 Å². The normalized spacial score (nSPS) is 26.9. The van der Waals surface area contributed by atoms with Gasteiger partial charge in [-0.25, -0.2) is 0 Å². The third kappa shape index (κ3) is 2.78. The summed E-state index contributed by atoms with van der Waals surface area (Å²) in [6.07, 6.45) is 6.23. The maximum atomic E-state index is 11.1. The van der Waals surface area contributed by atoms with Gasteiger partial charge in [0.2, 0.25) is 0 Å². The van der Waals surface area contributed by atoms with E-state index in [1.165, 1.54) is 25.0 Å². The van der Waals surface area contributed by atoms with Crippen molar-refractivity contribution in [1.82, 2.24) is 14.8 Å². The van der Waals surface area contributed by atoms with Gasteiger partial charge >= 0.3 is 5.97 Å². The summed E-state index contributed by atoms with van der Waals surface area (Å²) < 4.78 is 2.05. The highest BCUT2D eigenvalue weighted by molar-refractivity contribution is 7.99. The molecule has 5 nitrogen and oxygen atoms in total. The second kappa shape index (κ2) is 5.53. The molecule has 1 N–H and O–H groups in total. The molecule has 6 heteroatoms. The molecule has 19 heavy (non-hydrogen) atoms. The van der Waals surface area contributed by atoms with Crippen LogP contribution in [0.15, 0.2) is 0 Å². The number of thioether (sulfide) groups is 1. The molecule has 0 spiro atoms. The van der Waals surface area contributed by atoms with Gasteiger partial charge in [-0.2, -0.15) is 11.8 Å². The van der Waals surface area contributed by atoms with Crippen molar-refractivity contribution in [2.24, 2.45) is 5.92 Å². The Morgan fingerprint density at radius 2 is 2.26 bits per heavy atom. The van der Waals surface area contributed by atoms with Gasteiger partial charge < -0.3 is 9.67 Å². The Bertz CT molecular complexity index is 468. The van der Waals surface area contributed by atoms with Crippen LogP contribution < -0.4 is 0 Å². The second-order valence-electron chi connectivity index (χ2n) is 5.41. The van der Waals surface area contributed by atoms with E-state index in [0.29, 0.717) is 18.2 Å². The lowest BCUT2D eigenvalue weighted by molar-refractivity contribution is -0.142. The summed E-state index contributed by atoms with van der Waals surface area (Å²) in [6.45, 7) is 0.546. The van der Waals surface area contributed by atoms with Gasteiger partial charge in [0, 0.05) is 24.6 Å². The molecular weight excluding hydrogens is 262 g/mol. The Labute approximate surface area is 116 Å². The van der Waals surface area contributed by atoms with Crippen molar-refractivity contribution >= 4 is 17.7 Å². The van der Waals surface area contributed by atoms with Gasteiger partial charge in [-0.15, -0.1) is 10.2 Å². The summed E-state index contributed by atoms with van der Waals surface area (Å²) >= 11 is 2.02. The van der Waals surface area contributed by atoms with Crippen LogP contribution in [-0.4, -0.2) is 36.8 Å². The number of aromatic nitrogens is 3. The topological polar surface area (TPSA) is 68.0 Å². The highest BCUT2D eigenvalue weighted by Crippen LogP contribution is 2.29. The Balaban J connectivity index is 1.73. The lowest BCUT2D eigenvalue weighted by Crippen LogP contribution is -2.28. The number of carbonyl (C=O) groups is 1. The lowest BCUT2D eigenvalue weighted by atomic mass is 9.99. The van der Waals surface area contributed by atoms with Crippen LogP contribution in [0.2, 0.25) is 0 Å². The average Bonchev–Trinajstić information content (AvgIpc) is 2.82. The summed E-state index contributed by atoms with van der Waals surface area (Å²) in [4.78, 5) is 11.1. The molecule has 0 aromatic carbocycles. The first kappa shape index (κ1) is 13.0. The SMILES string of the molecule is O=C(O)C1CCc2nnc(CC3CCCCS3)n2C1. The minimum atomic E-state index is -0.697. The van der Waals surface area contributed by atoms with Gasteiger partial charge in [0.1, 0.15) is 11.6 Å². The number of aliphatic carboxylic acids is 1. The summed E-state index contributed by atoms with van der Waals surface area (Å²) in [5, 5.41) is 18.3. The average molecular weight is 281 g/mol. The van der Waals surface area contributed by atoms with Gasteiger partial charge in [-0.1, -0.05) is 6.42 Å². The van der Waals surface area contributed by atoms with E-state index in [0.717, 1.165) is 24.5 Å². The van der Waals surface area contributed by atoms with E-state index in [2.05, 4.69) is 14.8 Å². The number of carboxylic acid groups (broad SMARTS) is 1. The van der Waals surface area contributed by atoms with Crippen molar-refractivity contribution in [3.8, 4) is 0 Å². The summed E-state index contributed by atoms with van der Waals surface area (Å²) in [6, 6.07) is 0. The van der Waals surface area contributed by atoms with Crippen LogP contribution in [0.3, 0.4) is 0 Å². The maximum absolute atomic E-state index is 11.1. The van der Waals surface area contributed by atoms with E-state index in [9.17, 15) is 4.79 Å². The van der Waals surface area contributed by atoms with E-state index in [-0.39, 0.29) is 5.92 Å². The Hall–Kier alpha value is -1.04. The number of carboxylic acids is 1. The first-order chi connectivity index (χ1) is 9.24. The minimum absolute atomic E-state index is 0.277. The largest absolute Gasteiger partial charge is 0.481 e. The van der Waals surface area contributed by atoms with E-state index in [1.54, 1.807) is 0 Å². The molecule has 1 fully saturated rings. The van der Waals surface area contributed by atoms with Gasteiger partial charge in [0.25, 0.3) is 0 Å². The monoisotopic (exact) mass is 281 g/mol. The lowest BCUT2D eigenvalue weighted by Gasteiger charge is -2.24. The molecule has 2 atom stereocenters. The van der Waals surface area contributed by atoms with Gasteiger partial charge in [-0.3, -0.25) is 4.79 Å². The zero-order valence-corrected chi connectivity index (χ0v) is 11.7. The van der Waals surface area contributed by atoms with Crippen molar-refractivity contribution < 1.29 is 9.90 Å². The number of rotatable bonds is 3. The first-order valence-corrected chi connectivity index (χ1v) is 8.04. The van der Waals surface area contributed by atoms with E-state index < -0.39 is 5.97 Å². The smallest absolute Gasteiger partial charge is 0.308 e. The molecule has 0 aliphatic carbocycles. The fourth-order valence-electron chi connectivity index (χ4n) is 2.91. The van der Waals surface area contributed by atoms with Crippen LogP contribution >= 0.6 is 11.8 Å². The number of fused-ring (bicyclic) bond motifs is 1. The van der Waals surface area contributed by atoms with Crippen molar-refractivity contribution in [2.45, 2.75) is 50.3 Å². The molecule has 1 aromatic heterocycles. The molecule has 104 valence electrons. The molecule has 0 bridgehead atoms. The highest BCUT2D eigenvalue weighted by Gasteiger charge is 2.28. The zero-order chi connectivity index (χ0) is 13.2. The zero-order valence-electron chi connectivity index (χ0n) is 10.9. The molecule has 0 radical (unpaired) electrons. The standard InChI is InChI=1S/C13H19N3O2S/c17-13(18)9-4-5-11-14-15-12(16(11)8-9)7-10-3-1-2-6-19-10/h9-10H,1-8H2,(H,17,18). The fraction of sp³-hybridized carbons (Fsp3) is 0.769. The molecule has 1 aromatic rings. The maximum Gasteiger partial charge on any atom is 0.308 e. The van der Waals surface area contributed by atoms with Crippen molar-refractivity contribution in [1.29, 1.82) is 0 Å². The van der Waals surface area contributed by atoms with Crippen molar-refractivity contribution in [2.75, 3.05) is 5.75 Å². The Morgan fingerprint density at radius 3 is 3.00 bits per heavy atom. The highest BCUT2D eigenvalue weighted by atomic mass is 32.2. The van der Waals surface area contributed by atoms with Crippen LogP contribution in [0.5, 0.6) is 0 Å². The van der Waals surface area contributed by atoms with Crippen molar-refractivity contribution in [3.05, 3.63) is 11.6 Å². The molecule has 3 rings (SSSR count). The van der Waals surface area contributed by atoms with E-state index in [4.69, 9.17) is 5.11 Å². The Morgan fingerprint density at radius 1 is 1.37 bits per heavy atom. The second-order valence-corrected chi connectivity index (χ2v) is 6.82. The van der Waals surface area contributed by atoms with Crippen molar-refractivity contribution in [3.63, 3.8) is 0 Å². The van der Waals surface area contributed by atoms with Crippen LogP contribution in [0, 0.1) is 5.92 Å². The molecule has 3 heterocycles. The molecule has 1 saturated heterocycles. The third-order valence-corrected chi connectivity index (χ3v) is 5.46. The van der Waals surface area contributed by atoms with Crippen LogP contribution in [0.1, 0.15) is 37.3 Å². The molecule has 2 aliphatic rings. The molecule has 0 amide bonds. The van der Waals surface area contributed by atoms with E-state index >= 15 is 0 Å². The third-order valence-electron chi connectivity index (χ3n) is 4.06. The van der Waals surface area contributed by atoms with Crippen LogP contribution in [0.4, 0.5) is 0 Å².